The van der Waals surface area contributed by atoms with Crippen LogP contribution in [0.4, 0.5) is 0 Å². The third kappa shape index (κ3) is 3.68. The molecule has 0 amide bonds. The monoisotopic (exact) mass is 322 g/mol. The molecular formula is C19H34O2Si. The maximum absolute atomic E-state index is 10.2. The molecule has 0 aliphatic rings. The summed E-state index contributed by atoms with van der Waals surface area (Å²) < 4.78 is 6.70. The van der Waals surface area contributed by atoms with Crippen LogP contribution in [0.15, 0.2) is 18.2 Å². The first-order chi connectivity index (χ1) is 9.92. The van der Waals surface area contributed by atoms with Crippen molar-refractivity contribution in [1.82, 2.24) is 0 Å². The van der Waals surface area contributed by atoms with E-state index in [2.05, 4.69) is 62.3 Å². The Morgan fingerprint density at radius 2 is 1.36 bits per heavy atom. The zero-order valence-electron chi connectivity index (χ0n) is 15.8. The Bertz CT molecular complexity index is 477. The molecule has 0 aliphatic carbocycles. The molecule has 0 saturated carbocycles. The SMILES string of the molecule is CC(C)[Si](Oc1ccc(O)c(C(C)(C)C)c1)(C(C)C)C(C)C. The predicted octanol–water partition coefficient (Wildman–Crippen LogP) is 6.24. The van der Waals surface area contributed by atoms with Crippen LogP contribution >= 0.6 is 0 Å². The highest BCUT2D eigenvalue weighted by Crippen LogP contribution is 2.44. The summed E-state index contributed by atoms with van der Waals surface area (Å²) in [4.78, 5) is 0. The summed E-state index contributed by atoms with van der Waals surface area (Å²) in [7, 11) is -1.95. The van der Waals surface area contributed by atoms with Crippen molar-refractivity contribution in [3.05, 3.63) is 23.8 Å². The van der Waals surface area contributed by atoms with Gasteiger partial charge in [-0.15, -0.1) is 0 Å². The lowest BCUT2D eigenvalue weighted by Crippen LogP contribution is -2.50. The summed E-state index contributed by atoms with van der Waals surface area (Å²) in [5, 5.41) is 10.2. The topological polar surface area (TPSA) is 29.5 Å². The Kier molecular flexibility index (Phi) is 5.77. The zero-order valence-corrected chi connectivity index (χ0v) is 16.8. The van der Waals surface area contributed by atoms with Crippen molar-refractivity contribution < 1.29 is 9.53 Å². The van der Waals surface area contributed by atoms with E-state index in [4.69, 9.17) is 4.43 Å². The van der Waals surface area contributed by atoms with Gasteiger partial charge in [0.15, 0.2) is 0 Å². The van der Waals surface area contributed by atoms with Crippen LogP contribution in [0, 0.1) is 0 Å². The van der Waals surface area contributed by atoms with Gasteiger partial charge in [-0.1, -0.05) is 62.3 Å². The first kappa shape index (κ1) is 19.1. The van der Waals surface area contributed by atoms with Crippen LogP contribution in [0.3, 0.4) is 0 Å². The molecule has 126 valence electrons. The molecule has 22 heavy (non-hydrogen) atoms. The average Bonchev–Trinajstić information content (AvgIpc) is 2.34. The second-order valence-corrected chi connectivity index (χ2v) is 13.7. The largest absolute Gasteiger partial charge is 0.543 e. The molecule has 0 bridgehead atoms. The molecule has 1 rings (SSSR count). The molecule has 0 unspecified atom stereocenters. The number of aromatic hydroxyl groups is 1. The third-order valence-corrected chi connectivity index (χ3v) is 10.8. The van der Waals surface area contributed by atoms with Crippen LogP contribution in [0.2, 0.25) is 16.6 Å². The first-order valence-corrected chi connectivity index (χ1v) is 10.6. The van der Waals surface area contributed by atoms with E-state index in [9.17, 15) is 5.11 Å². The van der Waals surface area contributed by atoms with E-state index < -0.39 is 8.32 Å². The molecule has 0 heterocycles. The molecule has 1 N–H and O–H groups in total. The van der Waals surface area contributed by atoms with Gasteiger partial charge < -0.3 is 9.53 Å². The highest BCUT2D eigenvalue weighted by molar-refractivity contribution is 6.78. The lowest BCUT2D eigenvalue weighted by atomic mass is 9.86. The van der Waals surface area contributed by atoms with Gasteiger partial charge >= 0.3 is 0 Å². The quantitative estimate of drug-likeness (QED) is 0.650. The minimum Gasteiger partial charge on any atom is -0.543 e. The summed E-state index contributed by atoms with van der Waals surface area (Å²) in [5.41, 5.74) is 2.48. The van der Waals surface area contributed by atoms with Gasteiger partial charge in [0.25, 0.3) is 8.32 Å². The van der Waals surface area contributed by atoms with Crippen molar-refractivity contribution in [2.24, 2.45) is 0 Å². The second kappa shape index (κ2) is 6.65. The van der Waals surface area contributed by atoms with E-state index in [1.54, 1.807) is 6.07 Å². The van der Waals surface area contributed by atoms with Crippen LogP contribution in [-0.4, -0.2) is 13.4 Å². The highest BCUT2D eigenvalue weighted by Gasteiger charge is 2.47. The van der Waals surface area contributed by atoms with Gasteiger partial charge in [0, 0.05) is 5.56 Å². The Labute approximate surface area is 138 Å². The van der Waals surface area contributed by atoms with E-state index in [-0.39, 0.29) is 5.41 Å². The molecule has 1 aromatic rings. The van der Waals surface area contributed by atoms with E-state index in [0.29, 0.717) is 22.4 Å². The number of phenolic OH excluding ortho intramolecular Hbond substituents is 1. The third-order valence-electron chi connectivity index (χ3n) is 4.78. The van der Waals surface area contributed by atoms with Crippen LogP contribution in [-0.2, 0) is 5.41 Å². The first-order valence-electron chi connectivity index (χ1n) is 8.45. The fraction of sp³-hybridized carbons (Fsp3) is 0.684. The van der Waals surface area contributed by atoms with E-state index in [1.807, 2.05) is 12.1 Å². The van der Waals surface area contributed by atoms with Crippen molar-refractivity contribution in [2.75, 3.05) is 0 Å². The van der Waals surface area contributed by atoms with Crippen molar-refractivity contribution in [1.29, 1.82) is 0 Å². The van der Waals surface area contributed by atoms with Crippen LogP contribution < -0.4 is 4.43 Å². The van der Waals surface area contributed by atoms with Crippen LogP contribution in [0.25, 0.3) is 0 Å². The minimum atomic E-state index is -1.95. The molecule has 0 saturated heterocycles. The van der Waals surface area contributed by atoms with Crippen molar-refractivity contribution in [3.8, 4) is 11.5 Å². The van der Waals surface area contributed by atoms with E-state index in [0.717, 1.165) is 11.3 Å². The number of rotatable bonds is 5. The molecule has 2 nitrogen and oxygen atoms in total. The Morgan fingerprint density at radius 3 is 1.73 bits per heavy atom. The number of benzene rings is 1. The number of phenols is 1. The highest BCUT2D eigenvalue weighted by atomic mass is 28.4. The summed E-state index contributed by atoms with van der Waals surface area (Å²) >= 11 is 0. The molecule has 0 fully saturated rings. The standard InChI is InChI=1S/C19H34O2Si/c1-13(2)22(14(3)4,15(5)6)21-16-10-11-18(20)17(12-16)19(7,8)9/h10-15,20H,1-9H3. The van der Waals surface area contributed by atoms with Gasteiger partial charge in [-0.3, -0.25) is 0 Å². The van der Waals surface area contributed by atoms with Crippen LogP contribution in [0.5, 0.6) is 11.5 Å². The smallest absolute Gasteiger partial charge is 0.258 e. The minimum absolute atomic E-state index is 0.0961. The Hall–Kier alpha value is -0.963. The number of hydrogen-bond acceptors (Lipinski definition) is 2. The summed E-state index contributed by atoms with van der Waals surface area (Å²) in [6, 6.07) is 5.72. The maximum Gasteiger partial charge on any atom is 0.258 e. The van der Waals surface area contributed by atoms with Gasteiger partial charge in [-0.2, -0.15) is 0 Å². The summed E-state index contributed by atoms with van der Waals surface area (Å²) in [5.74, 6) is 1.26. The van der Waals surface area contributed by atoms with Crippen LogP contribution in [0.1, 0.15) is 67.9 Å². The van der Waals surface area contributed by atoms with Gasteiger partial charge in [-0.05, 0) is 40.2 Å². The van der Waals surface area contributed by atoms with Gasteiger partial charge in [-0.25, -0.2) is 0 Å². The van der Waals surface area contributed by atoms with Gasteiger partial charge in [0.2, 0.25) is 0 Å². The van der Waals surface area contributed by atoms with Gasteiger partial charge in [0.05, 0.1) is 0 Å². The Morgan fingerprint density at radius 1 is 0.909 bits per heavy atom. The van der Waals surface area contributed by atoms with Crippen molar-refractivity contribution >= 4 is 8.32 Å². The Balaban J connectivity index is 3.31. The molecule has 0 atom stereocenters. The maximum atomic E-state index is 10.2. The van der Waals surface area contributed by atoms with Crippen molar-refractivity contribution in [3.63, 3.8) is 0 Å². The number of hydrogen-bond donors (Lipinski definition) is 1. The van der Waals surface area contributed by atoms with Gasteiger partial charge in [0.1, 0.15) is 11.5 Å². The normalized spacial score (nSPS) is 13.3. The fourth-order valence-corrected chi connectivity index (χ4v) is 8.98. The van der Waals surface area contributed by atoms with Crippen molar-refractivity contribution in [2.45, 2.75) is 84.4 Å². The lowest BCUT2D eigenvalue weighted by molar-refractivity contribution is 0.439. The van der Waals surface area contributed by atoms with E-state index >= 15 is 0 Å². The molecule has 0 aliphatic heterocycles. The molecule has 0 radical (unpaired) electrons. The lowest BCUT2D eigenvalue weighted by Gasteiger charge is -2.42. The molecule has 0 spiro atoms. The molecular weight excluding hydrogens is 288 g/mol. The predicted molar refractivity (Wildman–Crippen MR) is 98.5 cm³/mol. The summed E-state index contributed by atoms with van der Waals surface area (Å²) in [6.07, 6.45) is 0. The molecule has 3 heteroatoms. The summed E-state index contributed by atoms with van der Waals surface area (Å²) in [6.45, 7) is 20.1. The molecule has 0 aromatic heterocycles. The fourth-order valence-electron chi connectivity index (χ4n) is 3.74. The average molecular weight is 323 g/mol. The molecule has 1 aromatic carbocycles. The van der Waals surface area contributed by atoms with E-state index in [1.165, 1.54) is 0 Å². The second-order valence-electron chi connectivity index (χ2n) is 8.35. The zero-order chi connectivity index (χ0) is 17.3.